The molecule has 1 nitrogen and oxygen atoms in total. The Morgan fingerprint density at radius 1 is 1.29 bits per heavy atom. The van der Waals surface area contributed by atoms with E-state index in [1.807, 2.05) is 0 Å². The van der Waals surface area contributed by atoms with Gasteiger partial charge in [0, 0.05) is 22.9 Å². The molecule has 0 bridgehead atoms. The minimum absolute atomic E-state index is 0.455. The molecule has 3 heteroatoms. The normalized spacial score (nSPS) is 25.4. The highest BCUT2D eigenvalue weighted by atomic mass is 79.9. The summed E-state index contributed by atoms with van der Waals surface area (Å²) in [4.78, 5) is 0. The first-order valence-electron chi connectivity index (χ1n) is 6.96. The van der Waals surface area contributed by atoms with E-state index in [4.69, 9.17) is 4.74 Å². The van der Waals surface area contributed by atoms with Crippen LogP contribution in [0.2, 0.25) is 0 Å². The molecule has 17 heavy (non-hydrogen) atoms. The first-order valence-corrected chi connectivity index (χ1v) is 9.13. The molecule has 2 atom stereocenters. The van der Waals surface area contributed by atoms with E-state index in [1.54, 1.807) is 0 Å². The van der Waals surface area contributed by atoms with Gasteiger partial charge >= 0.3 is 0 Å². The Hall–Kier alpha value is 0.790. The number of rotatable bonds is 8. The van der Waals surface area contributed by atoms with Crippen LogP contribution >= 0.6 is 27.7 Å². The Kier molecular flexibility index (Phi) is 7.51. The second kappa shape index (κ2) is 8.06. The molecule has 1 rings (SSSR count). The third-order valence-corrected chi connectivity index (χ3v) is 6.77. The van der Waals surface area contributed by atoms with E-state index in [9.17, 15) is 0 Å². The summed E-state index contributed by atoms with van der Waals surface area (Å²) in [6.07, 6.45) is 6.98. The number of hydrogen-bond donors (Lipinski definition) is 0. The van der Waals surface area contributed by atoms with Gasteiger partial charge in [-0.15, -0.1) is 0 Å². The van der Waals surface area contributed by atoms with Crippen molar-refractivity contribution in [1.82, 2.24) is 0 Å². The molecule has 0 aromatic heterocycles. The topological polar surface area (TPSA) is 9.23 Å². The molecule has 0 amide bonds. The van der Waals surface area contributed by atoms with E-state index in [-0.39, 0.29) is 0 Å². The van der Waals surface area contributed by atoms with Crippen molar-refractivity contribution in [2.75, 3.05) is 17.7 Å². The fraction of sp³-hybridized carbons (Fsp3) is 1.00. The predicted octanol–water partition coefficient (Wildman–Crippen LogP) is 4.88. The first kappa shape index (κ1) is 15.8. The number of halogens is 1. The van der Waals surface area contributed by atoms with Crippen LogP contribution in [0.4, 0.5) is 0 Å². The molecule has 1 saturated heterocycles. The molecule has 0 N–H and O–H groups in total. The minimum Gasteiger partial charge on any atom is -0.377 e. The van der Waals surface area contributed by atoms with Gasteiger partial charge in [-0.3, -0.25) is 0 Å². The van der Waals surface area contributed by atoms with Crippen molar-refractivity contribution in [3.05, 3.63) is 0 Å². The Morgan fingerprint density at radius 3 is 2.35 bits per heavy atom. The van der Waals surface area contributed by atoms with Crippen LogP contribution in [-0.2, 0) is 4.74 Å². The SMILES string of the molecule is CCCC(CBr)(CCC)CSC1CCOC1C. The monoisotopic (exact) mass is 322 g/mol. The largest absolute Gasteiger partial charge is 0.377 e. The molecular weight excluding hydrogens is 296 g/mol. The number of ether oxygens (including phenoxy) is 1. The van der Waals surface area contributed by atoms with Crippen LogP contribution in [0, 0.1) is 5.41 Å². The van der Waals surface area contributed by atoms with Crippen molar-refractivity contribution in [2.45, 2.75) is 64.2 Å². The summed E-state index contributed by atoms with van der Waals surface area (Å²) in [7, 11) is 0. The Morgan fingerprint density at radius 2 is 1.94 bits per heavy atom. The molecule has 1 heterocycles. The summed E-state index contributed by atoms with van der Waals surface area (Å²) < 4.78 is 5.65. The van der Waals surface area contributed by atoms with Gasteiger partial charge in [0.05, 0.1) is 6.10 Å². The Bertz CT molecular complexity index is 204. The van der Waals surface area contributed by atoms with Crippen molar-refractivity contribution in [1.29, 1.82) is 0 Å². The average molecular weight is 323 g/mol. The lowest BCUT2D eigenvalue weighted by Crippen LogP contribution is -2.28. The molecule has 102 valence electrons. The lowest BCUT2D eigenvalue weighted by atomic mass is 9.83. The van der Waals surface area contributed by atoms with Crippen LogP contribution in [0.3, 0.4) is 0 Å². The van der Waals surface area contributed by atoms with Crippen molar-refractivity contribution in [3.63, 3.8) is 0 Å². The summed E-state index contributed by atoms with van der Waals surface area (Å²) in [5.41, 5.74) is 0.510. The van der Waals surface area contributed by atoms with Crippen molar-refractivity contribution < 1.29 is 4.74 Å². The highest BCUT2D eigenvalue weighted by molar-refractivity contribution is 9.09. The second-order valence-corrected chi connectivity index (χ2v) is 7.14. The van der Waals surface area contributed by atoms with Crippen LogP contribution in [0.1, 0.15) is 52.9 Å². The summed E-state index contributed by atoms with van der Waals surface area (Å²) in [5.74, 6) is 1.29. The zero-order valence-corrected chi connectivity index (χ0v) is 13.9. The smallest absolute Gasteiger partial charge is 0.0666 e. The summed E-state index contributed by atoms with van der Waals surface area (Å²) >= 11 is 5.90. The number of hydrogen-bond acceptors (Lipinski definition) is 2. The molecule has 1 fully saturated rings. The Balaban J connectivity index is 2.47. The van der Waals surface area contributed by atoms with E-state index in [0.29, 0.717) is 11.5 Å². The quantitative estimate of drug-likeness (QED) is 0.589. The van der Waals surface area contributed by atoms with Crippen LogP contribution in [0.5, 0.6) is 0 Å². The maximum Gasteiger partial charge on any atom is 0.0666 e. The van der Waals surface area contributed by atoms with Gasteiger partial charge in [0.15, 0.2) is 0 Å². The van der Waals surface area contributed by atoms with Gasteiger partial charge in [0.1, 0.15) is 0 Å². The van der Waals surface area contributed by atoms with Gasteiger partial charge in [0.2, 0.25) is 0 Å². The van der Waals surface area contributed by atoms with E-state index in [2.05, 4.69) is 48.5 Å². The molecule has 0 radical (unpaired) electrons. The third kappa shape index (κ3) is 4.76. The van der Waals surface area contributed by atoms with Crippen LogP contribution in [-0.4, -0.2) is 29.0 Å². The van der Waals surface area contributed by atoms with Gasteiger partial charge in [0.25, 0.3) is 0 Å². The summed E-state index contributed by atoms with van der Waals surface area (Å²) in [6, 6.07) is 0. The number of thioether (sulfide) groups is 1. The van der Waals surface area contributed by atoms with Gasteiger partial charge in [-0.05, 0) is 31.6 Å². The van der Waals surface area contributed by atoms with Crippen molar-refractivity contribution in [2.24, 2.45) is 5.41 Å². The van der Waals surface area contributed by atoms with Crippen LogP contribution in [0.15, 0.2) is 0 Å². The second-order valence-electron chi connectivity index (χ2n) is 5.35. The van der Waals surface area contributed by atoms with Gasteiger partial charge in [-0.2, -0.15) is 11.8 Å². The highest BCUT2D eigenvalue weighted by Crippen LogP contribution is 2.39. The maximum absolute atomic E-state index is 5.65. The molecule has 0 aromatic carbocycles. The summed E-state index contributed by atoms with van der Waals surface area (Å²) in [6.45, 7) is 7.79. The van der Waals surface area contributed by atoms with Gasteiger partial charge < -0.3 is 4.74 Å². The van der Waals surface area contributed by atoms with Crippen LogP contribution < -0.4 is 0 Å². The van der Waals surface area contributed by atoms with Gasteiger partial charge in [-0.25, -0.2) is 0 Å². The standard InChI is InChI=1S/C14H27BrOS/c1-4-7-14(10-15,8-5-2)11-17-13-6-9-16-12(13)3/h12-13H,4-11H2,1-3H3. The molecule has 0 spiro atoms. The molecule has 1 aliphatic rings. The first-order chi connectivity index (χ1) is 8.17. The molecule has 0 aliphatic carbocycles. The molecule has 1 aliphatic heterocycles. The molecule has 0 aromatic rings. The maximum atomic E-state index is 5.65. The minimum atomic E-state index is 0.455. The van der Waals surface area contributed by atoms with E-state index in [1.165, 1.54) is 37.9 Å². The molecular formula is C14H27BrOS. The lowest BCUT2D eigenvalue weighted by molar-refractivity contribution is 0.127. The van der Waals surface area contributed by atoms with Crippen molar-refractivity contribution >= 4 is 27.7 Å². The van der Waals surface area contributed by atoms with E-state index >= 15 is 0 Å². The Labute approximate surface area is 120 Å². The van der Waals surface area contributed by atoms with E-state index < -0.39 is 0 Å². The van der Waals surface area contributed by atoms with Gasteiger partial charge in [-0.1, -0.05) is 42.6 Å². The number of alkyl halides is 1. The highest BCUT2D eigenvalue weighted by Gasteiger charge is 2.31. The molecule has 2 unspecified atom stereocenters. The van der Waals surface area contributed by atoms with E-state index in [0.717, 1.165) is 17.2 Å². The van der Waals surface area contributed by atoms with Crippen LogP contribution in [0.25, 0.3) is 0 Å². The fourth-order valence-corrected chi connectivity index (χ4v) is 5.31. The zero-order valence-electron chi connectivity index (χ0n) is 11.5. The summed E-state index contributed by atoms with van der Waals surface area (Å²) in [5, 5.41) is 1.87. The molecule has 0 saturated carbocycles. The lowest BCUT2D eigenvalue weighted by Gasteiger charge is -2.32. The third-order valence-electron chi connectivity index (χ3n) is 3.75. The fourth-order valence-electron chi connectivity index (χ4n) is 2.72. The predicted molar refractivity (Wildman–Crippen MR) is 82.3 cm³/mol. The zero-order chi connectivity index (χ0) is 12.7. The average Bonchev–Trinajstić information content (AvgIpc) is 2.72. The van der Waals surface area contributed by atoms with Crippen molar-refractivity contribution in [3.8, 4) is 0 Å².